The van der Waals surface area contributed by atoms with E-state index >= 15 is 0 Å². The third-order valence-corrected chi connectivity index (χ3v) is 6.82. The minimum atomic E-state index is -3.69. The summed E-state index contributed by atoms with van der Waals surface area (Å²) < 4.78 is 38.0. The monoisotopic (exact) mass is 465 g/mol. The number of ether oxygens (including phenoxy) is 2. The van der Waals surface area contributed by atoms with Crippen molar-refractivity contribution in [1.29, 1.82) is 0 Å². The molecule has 1 heterocycles. The summed E-state index contributed by atoms with van der Waals surface area (Å²) in [5, 5.41) is 3.99. The van der Waals surface area contributed by atoms with Crippen molar-refractivity contribution in [2.75, 3.05) is 26.3 Å². The van der Waals surface area contributed by atoms with Gasteiger partial charge in [-0.2, -0.15) is 9.41 Å². The van der Waals surface area contributed by atoms with Crippen LogP contribution < -0.4 is 10.2 Å². The largest absolute Gasteiger partial charge is 0.457 e. The van der Waals surface area contributed by atoms with Gasteiger partial charge >= 0.3 is 0 Å². The standard InChI is InChI=1S/C24H23N3O5S/c28-24(20-7-5-11-23(17-20)33(29,30)27-12-14-31-15-13-27)26-25-18-19-6-4-10-22(16-19)32-21-8-2-1-3-9-21/h1-11,16-18H,12-15H2,(H,26,28). The molecule has 0 atom stereocenters. The number of hydrogen-bond donors (Lipinski definition) is 1. The molecule has 1 fully saturated rings. The van der Waals surface area contributed by atoms with Crippen molar-refractivity contribution in [3.8, 4) is 11.5 Å². The van der Waals surface area contributed by atoms with Crippen LogP contribution in [0.4, 0.5) is 0 Å². The molecule has 1 saturated heterocycles. The zero-order valence-electron chi connectivity index (χ0n) is 17.8. The molecular weight excluding hydrogens is 442 g/mol. The summed E-state index contributed by atoms with van der Waals surface area (Å²) in [6, 6.07) is 22.6. The lowest BCUT2D eigenvalue weighted by atomic mass is 10.2. The lowest BCUT2D eigenvalue weighted by Gasteiger charge is -2.26. The lowest BCUT2D eigenvalue weighted by molar-refractivity contribution is 0.0730. The molecule has 170 valence electrons. The summed E-state index contributed by atoms with van der Waals surface area (Å²) in [4.78, 5) is 12.6. The smallest absolute Gasteiger partial charge is 0.271 e. The quantitative estimate of drug-likeness (QED) is 0.427. The Bertz CT molecular complexity index is 1240. The zero-order chi connectivity index (χ0) is 23.1. The van der Waals surface area contributed by atoms with E-state index in [1.165, 1.54) is 34.8 Å². The Morgan fingerprint density at radius 2 is 1.67 bits per heavy atom. The number of carbonyl (C=O) groups is 1. The molecule has 4 rings (SSSR count). The molecule has 0 unspecified atom stereocenters. The topological polar surface area (TPSA) is 97.3 Å². The summed E-state index contributed by atoms with van der Waals surface area (Å²) >= 11 is 0. The SMILES string of the molecule is O=C(NN=Cc1cccc(Oc2ccccc2)c1)c1cccc(S(=O)(=O)N2CCOCC2)c1. The van der Waals surface area contributed by atoms with Gasteiger partial charge < -0.3 is 9.47 Å². The van der Waals surface area contributed by atoms with Crippen LogP contribution in [-0.4, -0.2) is 51.1 Å². The van der Waals surface area contributed by atoms with Gasteiger partial charge in [0.15, 0.2) is 0 Å². The number of rotatable bonds is 7. The van der Waals surface area contributed by atoms with Crippen molar-refractivity contribution in [3.63, 3.8) is 0 Å². The minimum absolute atomic E-state index is 0.0618. The number of para-hydroxylation sites is 1. The van der Waals surface area contributed by atoms with Gasteiger partial charge in [0.25, 0.3) is 5.91 Å². The van der Waals surface area contributed by atoms with Crippen molar-refractivity contribution in [2.24, 2.45) is 5.10 Å². The number of morpholine rings is 1. The molecule has 1 amide bonds. The van der Waals surface area contributed by atoms with E-state index in [1.54, 1.807) is 6.07 Å². The molecule has 9 heteroatoms. The van der Waals surface area contributed by atoms with E-state index in [4.69, 9.17) is 9.47 Å². The first-order chi connectivity index (χ1) is 16.0. The van der Waals surface area contributed by atoms with Crippen LogP contribution in [0.15, 0.2) is 88.9 Å². The Balaban J connectivity index is 1.41. The van der Waals surface area contributed by atoms with Gasteiger partial charge in [0, 0.05) is 18.7 Å². The highest BCUT2D eigenvalue weighted by molar-refractivity contribution is 7.89. The lowest BCUT2D eigenvalue weighted by Crippen LogP contribution is -2.40. The fourth-order valence-corrected chi connectivity index (χ4v) is 4.70. The minimum Gasteiger partial charge on any atom is -0.457 e. The fraction of sp³-hybridized carbons (Fsp3) is 0.167. The summed E-state index contributed by atoms with van der Waals surface area (Å²) in [6.45, 7) is 1.28. The Labute approximate surface area is 192 Å². The summed E-state index contributed by atoms with van der Waals surface area (Å²) in [7, 11) is -3.69. The molecule has 1 aliphatic rings. The summed E-state index contributed by atoms with van der Waals surface area (Å²) in [5.41, 5.74) is 3.36. The number of amides is 1. The van der Waals surface area contributed by atoms with E-state index in [9.17, 15) is 13.2 Å². The van der Waals surface area contributed by atoms with E-state index in [-0.39, 0.29) is 23.5 Å². The number of hydrogen-bond acceptors (Lipinski definition) is 6. The van der Waals surface area contributed by atoms with Crippen LogP contribution in [0.25, 0.3) is 0 Å². The second-order valence-corrected chi connectivity index (χ2v) is 9.17. The van der Waals surface area contributed by atoms with Gasteiger partial charge in [-0.15, -0.1) is 0 Å². The van der Waals surface area contributed by atoms with Gasteiger partial charge in [-0.05, 0) is 48.0 Å². The molecule has 0 bridgehead atoms. The maximum Gasteiger partial charge on any atom is 0.271 e. The molecule has 3 aromatic rings. The molecule has 0 aromatic heterocycles. The van der Waals surface area contributed by atoms with Gasteiger partial charge in [-0.25, -0.2) is 13.8 Å². The van der Waals surface area contributed by atoms with Crippen LogP contribution in [0.5, 0.6) is 11.5 Å². The molecule has 0 radical (unpaired) electrons. The summed E-state index contributed by atoms with van der Waals surface area (Å²) in [6.07, 6.45) is 1.49. The molecular formula is C24H23N3O5S. The normalized spacial score (nSPS) is 14.8. The van der Waals surface area contributed by atoms with Crippen LogP contribution in [0, 0.1) is 0 Å². The predicted molar refractivity (Wildman–Crippen MR) is 124 cm³/mol. The second-order valence-electron chi connectivity index (χ2n) is 7.23. The van der Waals surface area contributed by atoms with E-state index < -0.39 is 15.9 Å². The number of nitrogens with zero attached hydrogens (tertiary/aromatic N) is 2. The van der Waals surface area contributed by atoms with Crippen molar-refractivity contribution in [3.05, 3.63) is 90.0 Å². The van der Waals surface area contributed by atoms with Crippen LogP contribution in [-0.2, 0) is 14.8 Å². The first kappa shape index (κ1) is 22.7. The van der Waals surface area contributed by atoms with Crippen LogP contribution in [0.1, 0.15) is 15.9 Å². The van der Waals surface area contributed by atoms with E-state index in [0.29, 0.717) is 24.7 Å². The summed E-state index contributed by atoms with van der Waals surface area (Å²) in [5.74, 6) is 0.839. The number of benzene rings is 3. The highest BCUT2D eigenvalue weighted by Gasteiger charge is 2.26. The first-order valence-electron chi connectivity index (χ1n) is 10.4. The van der Waals surface area contributed by atoms with Gasteiger partial charge in [0.1, 0.15) is 11.5 Å². The van der Waals surface area contributed by atoms with Crippen molar-refractivity contribution in [2.45, 2.75) is 4.90 Å². The van der Waals surface area contributed by atoms with Gasteiger partial charge in [-0.3, -0.25) is 4.79 Å². The zero-order valence-corrected chi connectivity index (χ0v) is 18.6. The Morgan fingerprint density at radius 3 is 2.45 bits per heavy atom. The van der Waals surface area contributed by atoms with Gasteiger partial charge in [0.05, 0.1) is 24.3 Å². The average molecular weight is 466 g/mol. The fourth-order valence-electron chi connectivity index (χ4n) is 3.25. The Hall–Kier alpha value is -3.53. The van der Waals surface area contributed by atoms with Crippen molar-refractivity contribution in [1.82, 2.24) is 9.73 Å². The third kappa shape index (κ3) is 5.83. The Morgan fingerprint density at radius 1 is 0.939 bits per heavy atom. The molecule has 1 N–H and O–H groups in total. The maximum absolute atomic E-state index is 12.8. The first-order valence-corrected chi connectivity index (χ1v) is 11.8. The third-order valence-electron chi connectivity index (χ3n) is 4.92. The highest BCUT2D eigenvalue weighted by Crippen LogP contribution is 2.21. The number of carbonyl (C=O) groups excluding carboxylic acids is 1. The van der Waals surface area contributed by atoms with Crippen LogP contribution >= 0.6 is 0 Å². The molecule has 33 heavy (non-hydrogen) atoms. The predicted octanol–water partition coefficient (Wildman–Crippen LogP) is 3.26. The Kier molecular flexibility index (Phi) is 7.13. The molecule has 3 aromatic carbocycles. The van der Waals surface area contributed by atoms with Crippen LogP contribution in [0.3, 0.4) is 0 Å². The van der Waals surface area contributed by atoms with Gasteiger partial charge in [0.2, 0.25) is 10.0 Å². The van der Waals surface area contributed by atoms with E-state index in [2.05, 4.69) is 10.5 Å². The number of sulfonamides is 1. The van der Waals surface area contributed by atoms with Crippen molar-refractivity contribution < 1.29 is 22.7 Å². The number of nitrogens with one attached hydrogen (secondary N) is 1. The molecule has 8 nitrogen and oxygen atoms in total. The average Bonchev–Trinajstić information content (AvgIpc) is 2.85. The highest BCUT2D eigenvalue weighted by atomic mass is 32.2. The maximum atomic E-state index is 12.8. The van der Waals surface area contributed by atoms with E-state index in [0.717, 1.165) is 5.56 Å². The van der Waals surface area contributed by atoms with Crippen molar-refractivity contribution >= 4 is 22.1 Å². The molecule has 0 spiro atoms. The second kappa shape index (κ2) is 10.4. The number of hydrazone groups is 1. The molecule has 0 aliphatic carbocycles. The van der Waals surface area contributed by atoms with Crippen LogP contribution in [0.2, 0.25) is 0 Å². The van der Waals surface area contributed by atoms with Gasteiger partial charge in [-0.1, -0.05) is 36.4 Å². The molecule has 1 aliphatic heterocycles. The van der Waals surface area contributed by atoms with E-state index in [1.807, 2.05) is 48.5 Å². The molecule has 0 saturated carbocycles.